The Labute approximate surface area is 353 Å². The van der Waals surface area contributed by atoms with Crippen LogP contribution in [0.15, 0.2) is 91.3 Å². The van der Waals surface area contributed by atoms with Crippen LogP contribution in [-0.4, -0.2) is 26.0 Å². The minimum absolute atomic E-state index is 0. The van der Waals surface area contributed by atoms with Crippen LogP contribution in [-0.2, 0) is 31.9 Å². The molecule has 9 rings (SSSR count). The summed E-state index contributed by atoms with van der Waals surface area (Å²) in [6, 6.07) is 35.5. The standard InChI is InChI=1S/C49H52BN5O.Pt/c1-30(2)35-16-14-17-36(31(3)4)45(35)54-41-22-20-33(26-39(41)46-52-28-43-48(8,9)29-49(10,11)50(54)55(43)46)56-34-19-21-38-37-15-12-13-18-40(37)53(42(38)27-34)44-25-32(23-24-51-44)47(5,6)7;/h12-25,28,30-31H,29H2,1-11H3;/q-2;+2. The second kappa shape index (κ2) is 13.8. The van der Waals surface area contributed by atoms with Gasteiger partial charge in [-0.15, -0.1) is 23.6 Å². The average molecular weight is 933 g/mol. The van der Waals surface area contributed by atoms with Crippen LogP contribution in [0.2, 0.25) is 5.31 Å². The van der Waals surface area contributed by atoms with E-state index < -0.39 is 0 Å². The smallest absolute Gasteiger partial charge is 0.503 e. The third kappa shape index (κ3) is 6.27. The molecule has 5 heterocycles. The minimum atomic E-state index is -0.0682. The number of anilines is 2. The fraction of sp³-hybridized carbons (Fsp3) is 0.347. The molecule has 0 N–H and O–H groups in total. The van der Waals surface area contributed by atoms with Crippen molar-refractivity contribution >= 4 is 40.2 Å². The first-order chi connectivity index (χ1) is 26.5. The molecule has 0 radical (unpaired) electrons. The topological polar surface area (TPSA) is 48.1 Å². The van der Waals surface area contributed by atoms with E-state index in [1.807, 2.05) is 12.3 Å². The van der Waals surface area contributed by atoms with E-state index in [-0.39, 0.29) is 44.2 Å². The first kappa shape index (κ1) is 39.2. The molecule has 2 aliphatic heterocycles. The van der Waals surface area contributed by atoms with Gasteiger partial charge in [-0.2, -0.15) is 6.07 Å². The van der Waals surface area contributed by atoms with Crippen LogP contribution in [0.5, 0.6) is 11.5 Å². The molecule has 2 aliphatic rings. The fourth-order valence-corrected chi connectivity index (χ4v) is 9.79. The van der Waals surface area contributed by atoms with E-state index in [1.165, 1.54) is 28.1 Å². The molecule has 6 nitrogen and oxygen atoms in total. The molecular formula is C49H52BN5OPt. The van der Waals surface area contributed by atoms with Crippen LogP contribution >= 0.6 is 0 Å². The van der Waals surface area contributed by atoms with Gasteiger partial charge in [0.25, 0.3) is 0 Å². The van der Waals surface area contributed by atoms with Crippen molar-refractivity contribution in [2.45, 2.75) is 111 Å². The number of aromatic nitrogens is 4. The third-order valence-electron chi connectivity index (χ3n) is 12.2. The summed E-state index contributed by atoms with van der Waals surface area (Å²) in [6.45, 7) is 25.6. The van der Waals surface area contributed by atoms with Gasteiger partial charge >= 0.3 is 28.0 Å². The molecule has 4 aromatic carbocycles. The van der Waals surface area contributed by atoms with Gasteiger partial charge in [0.15, 0.2) is 0 Å². The van der Waals surface area contributed by atoms with Crippen LogP contribution in [0.25, 0.3) is 39.0 Å². The molecule has 0 unspecified atom stereocenters. The van der Waals surface area contributed by atoms with Gasteiger partial charge in [-0.05, 0) is 69.3 Å². The average Bonchev–Trinajstić information content (AvgIpc) is 3.73. The molecule has 0 amide bonds. The Kier molecular flexibility index (Phi) is 9.47. The van der Waals surface area contributed by atoms with Crippen LogP contribution in [0.4, 0.5) is 11.4 Å². The van der Waals surface area contributed by atoms with E-state index in [0.29, 0.717) is 23.3 Å². The van der Waals surface area contributed by atoms with Crippen LogP contribution in [0, 0.1) is 12.1 Å². The van der Waals surface area contributed by atoms with E-state index in [9.17, 15) is 0 Å². The molecular weight excluding hydrogens is 880 g/mol. The van der Waals surface area contributed by atoms with Crippen LogP contribution < -0.4 is 9.55 Å². The van der Waals surface area contributed by atoms with Gasteiger partial charge in [-0.1, -0.05) is 141 Å². The SMILES string of the molecule is CC(C)c1cccc(C(C)C)c1N1B2n3c(cnc3-c3[c-]c(Oc4[c-]c5c(cc4)c4ccccc4n5-c4cc(C(C)(C)C)ccn4)ccc31)C(C)(C)CC2(C)C.[Pt+2]. The van der Waals surface area contributed by atoms with Crippen LogP contribution in [0.1, 0.15) is 117 Å². The summed E-state index contributed by atoms with van der Waals surface area (Å²) in [7, 11) is 0. The number of rotatable bonds is 6. The molecule has 57 heavy (non-hydrogen) atoms. The summed E-state index contributed by atoms with van der Waals surface area (Å²) >= 11 is 0. The molecule has 0 fully saturated rings. The normalized spacial score (nSPS) is 15.6. The van der Waals surface area contributed by atoms with Gasteiger partial charge in [0.1, 0.15) is 5.82 Å². The Morgan fingerprint density at radius 1 is 0.789 bits per heavy atom. The van der Waals surface area contributed by atoms with Gasteiger partial charge in [-0.25, -0.2) is 4.98 Å². The van der Waals surface area contributed by atoms with Crippen molar-refractivity contribution < 1.29 is 25.8 Å². The molecule has 3 aromatic heterocycles. The Balaban J connectivity index is 0.00000455. The summed E-state index contributed by atoms with van der Waals surface area (Å²) in [4.78, 5) is 12.7. The number of fused-ring (bicyclic) bond motifs is 5. The zero-order chi connectivity index (χ0) is 39.5. The molecule has 0 aliphatic carbocycles. The number of nitrogens with zero attached hydrogens (tertiary/aromatic N) is 5. The van der Waals surface area contributed by atoms with Crippen molar-refractivity contribution in [3.8, 4) is 28.7 Å². The Morgan fingerprint density at radius 2 is 1.47 bits per heavy atom. The summed E-state index contributed by atoms with van der Waals surface area (Å²) in [5.74, 6) is 3.75. The number of para-hydroxylation sites is 2. The van der Waals surface area contributed by atoms with Crippen molar-refractivity contribution in [2.24, 2.45) is 0 Å². The van der Waals surface area contributed by atoms with Gasteiger partial charge < -0.3 is 18.6 Å². The van der Waals surface area contributed by atoms with Crippen molar-refractivity contribution in [1.29, 1.82) is 0 Å². The largest absolute Gasteiger partial charge is 2.00 e. The van der Waals surface area contributed by atoms with Gasteiger partial charge in [0.2, 0.25) is 0 Å². The monoisotopic (exact) mass is 932 g/mol. The van der Waals surface area contributed by atoms with E-state index >= 15 is 0 Å². The first-order valence-corrected chi connectivity index (χ1v) is 20.2. The van der Waals surface area contributed by atoms with Crippen molar-refractivity contribution in [2.75, 3.05) is 4.81 Å². The van der Waals surface area contributed by atoms with E-state index in [4.69, 9.17) is 14.7 Å². The number of hydrogen-bond donors (Lipinski definition) is 0. The van der Waals surface area contributed by atoms with Crippen molar-refractivity contribution in [3.05, 3.63) is 126 Å². The molecule has 0 saturated heterocycles. The van der Waals surface area contributed by atoms with E-state index in [0.717, 1.165) is 51.1 Å². The summed E-state index contributed by atoms with van der Waals surface area (Å²) in [5, 5.41) is 2.19. The zero-order valence-corrected chi connectivity index (χ0v) is 37.3. The van der Waals surface area contributed by atoms with Crippen molar-refractivity contribution in [3.63, 3.8) is 0 Å². The fourth-order valence-electron chi connectivity index (χ4n) is 9.79. The third-order valence-corrected chi connectivity index (χ3v) is 12.2. The van der Waals surface area contributed by atoms with E-state index in [1.54, 1.807) is 0 Å². The maximum atomic E-state index is 6.75. The maximum Gasteiger partial charge on any atom is 2.00 e. The minimum Gasteiger partial charge on any atom is -0.503 e. The number of hydrogen-bond acceptors (Lipinski definition) is 4. The number of imidazole rings is 1. The Bertz CT molecular complexity index is 2650. The second-order valence-corrected chi connectivity index (χ2v) is 19.0. The Hall–Kier alpha value is -4.61. The van der Waals surface area contributed by atoms with Crippen molar-refractivity contribution in [1.82, 2.24) is 19.0 Å². The molecule has 7 aromatic rings. The summed E-state index contributed by atoms with van der Waals surface area (Å²) in [6.07, 6.45) is 5.05. The van der Waals surface area contributed by atoms with Gasteiger partial charge in [-0.3, -0.25) is 4.98 Å². The molecule has 0 bridgehead atoms. The number of ether oxygens (including phenoxy) is 1. The summed E-state index contributed by atoms with van der Waals surface area (Å²) < 4.78 is 11.5. The number of benzene rings is 4. The predicted molar refractivity (Wildman–Crippen MR) is 232 cm³/mol. The number of pyridine rings is 1. The van der Waals surface area contributed by atoms with E-state index in [2.05, 4.69) is 181 Å². The first-order valence-electron chi connectivity index (χ1n) is 20.2. The predicted octanol–water partition coefficient (Wildman–Crippen LogP) is 12.9. The second-order valence-electron chi connectivity index (χ2n) is 19.0. The van der Waals surface area contributed by atoms with Gasteiger partial charge in [0, 0.05) is 52.0 Å². The molecule has 292 valence electrons. The quantitative estimate of drug-likeness (QED) is 0.123. The molecule has 0 atom stereocenters. The molecule has 0 saturated carbocycles. The maximum absolute atomic E-state index is 6.75. The molecule has 8 heteroatoms. The molecule has 0 spiro atoms. The van der Waals surface area contributed by atoms with Gasteiger partial charge in [0.05, 0.1) is 0 Å². The zero-order valence-electron chi connectivity index (χ0n) is 35.1. The summed E-state index contributed by atoms with van der Waals surface area (Å²) in [5.41, 5.74) is 10.5. The Morgan fingerprint density at radius 3 is 2.18 bits per heavy atom. The van der Waals surface area contributed by atoms with Crippen LogP contribution in [0.3, 0.4) is 0 Å².